The molecule has 1 aliphatic heterocycles. The number of imidazole rings is 1. The minimum atomic E-state index is -5.84. The first-order valence-corrected chi connectivity index (χ1v) is 12.8. The van der Waals surface area contributed by atoms with Gasteiger partial charge >= 0.3 is 0 Å². The molecule has 3 rings (SSSR count). The number of carbonyl (C=O) groups is 1. The number of phosphoric ester groups is 1. The number of para-hydroxylation sites is 2. The van der Waals surface area contributed by atoms with Crippen LogP contribution in [0, 0.1) is 0 Å². The van der Waals surface area contributed by atoms with E-state index in [-0.39, 0.29) is 12.6 Å². The van der Waals surface area contributed by atoms with Crippen LogP contribution in [-0.2, 0) is 29.3 Å². The number of allylic oxidation sites excluding steroid dienone is 1. The van der Waals surface area contributed by atoms with Crippen molar-refractivity contribution in [2.45, 2.75) is 39.3 Å². The van der Waals surface area contributed by atoms with E-state index >= 15 is 0 Å². The maximum absolute atomic E-state index is 13.0. The van der Waals surface area contributed by atoms with Gasteiger partial charge in [-0.25, -0.2) is 4.98 Å². The maximum Gasteiger partial charge on any atom is 0.272 e. The summed E-state index contributed by atoms with van der Waals surface area (Å²) in [7, 11) is -11.3. The van der Waals surface area contributed by atoms with E-state index in [0.717, 1.165) is 11.1 Å². The Labute approximate surface area is 185 Å². The van der Waals surface area contributed by atoms with Crippen molar-refractivity contribution in [3.05, 3.63) is 41.7 Å². The van der Waals surface area contributed by atoms with E-state index in [4.69, 9.17) is 0 Å². The van der Waals surface area contributed by atoms with E-state index in [2.05, 4.69) is 18.7 Å². The highest BCUT2D eigenvalue weighted by Gasteiger charge is 2.34. The Bertz CT molecular complexity index is 1120. The molecule has 1 aromatic carbocycles. The van der Waals surface area contributed by atoms with Gasteiger partial charge in [0, 0.05) is 25.7 Å². The average Bonchev–Trinajstić information content (AvgIpc) is 2.95. The Morgan fingerprint density at radius 1 is 1.22 bits per heavy atom. The SMILES string of the molecule is CC(C)=CCN1CC(C(=O)COP(=O)([O-])OP(=O)([O-])[O-])c2nc3ccccc3n2CC1C. The third kappa shape index (κ3) is 6.21. The van der Waals surface area contributed by atoms with E-state index in [9.17, 15) is 28.6 Å². The first-order valence-electron chi connectivity index (χ1n) is 9.90. The van der Waals surface area contributed by atoms with Crippen LogP contribution >= 0.6 is 15.6 Å². The normalized spacial score (nSPS) is 21.6. The second kappa shape index (κ2) is 9.67. The number of Topliss-reactive ketones (excluding diaryl/α,β-unsaturated/α-hetero) is 1. The van der Waals surface area contributed by atoms with Crippen LogP contribution in [0.4, 0.5) is 0 Å². The second-order valence-corrected chi connectivity index (χ2v) is 10.6. The largest absolute Gasteiger partial charge is 0.790 e. The van der Waals surface area contributed by atoms with Gasteiger partial charge in [0.2, 0.25) is 0 Å². The fourth-order valence-corrected chi connectivity index (χ4v) is 5.07. The van der Waals surface area contributed by atoms with Gasteiger partial charge in [0.05, 0.1) is 24.8 Å². The van der Waals surface area contributed by atoms with Crippen LogP contribution in [-0.4, -0.2) is 46.0 Å². The zero-order valence-electron chi connectivity index (χ0n) is 17.9. The summed E-state index contributed by atoms with van der Waals surface area (Å²) in [5.74, 6) is -1.01. The maximum atomic E-state index is 13.0. The van der Waals surface area contributed by atoms with Crippen LogP contribution in [0.3, 0.4) is 0 Å². The van der Waals surface area contributed by atoms with Gasteiger partial charge in [0.25, 0.3) is 7.82 Å². The molecule has 0 bridgehead atoms. The summed E-state index contributed by atoms with van der Waals surface area (Å²) < 4.78 is 32.0. The molecule has 3 atom stereocenters. The molecule has 0 radical (unpaired) electrons. The van der Waals surface area contributed by atoms with Crippen molar-refractivity contribution in [3.8, 4) is 0 Å². The van der Waals surface area contributed by atoms with E-state index < -0.39 is 34.0 Å². The van der Waals surface area contributed by atoms with Crippen molar-refractivity contribution in [2.24, 2.45) is 0 Å². The van der Waals surface area contributed by atoms with Crippen molar-refractivity contribution in [1.29, 1.82) is 0 Å². The summed E-state index contributed by atoms with van der Waals surface area (Å²) >= 11 is 0. The third-order valence-corrected chi connectivity index (χ3v) is 7.22. The summed E-state index contributed by atoms with van der Waals surface area (Å²) in [5.41, 5.74) is 2.65. The van der Waals surface area contributed by atoms with Gasteiger partial charge in [-0.2, -0.15) is 0 Å². The molecule has 0 saturated carbocycles. The molecule has 1 aliphatic rings. The van der Waals surface area contributed by atoms with E-state index in [0.29, 0.717) is 24.4 Å². The van der Waals surface area contributed by atoms with E-state index in [1.807, 2.05) is 55.7 Å². The topological polar surface area (TPSA) is 160 Å². The lowest BCUT2D eigenvalue weighted by molar-refractivity contribution is -0.339. The van der Waals surface area contributed by atoms with Crippen LogP contribution in [0.25, 0.3) is 11.0 Å². The Balaban J connectivity index is 1.92. The molecule has 0 fully saturated rings. The molecule has 0 amide bonds. The summed E-state index contributed by atoms with van der Waals surface area (Å²) in [4.78, 5) is 52.5. The summed E-state index contributed by atoms with van der Waals surface area (Å²) in [6.07, 6.45) is 2.03. The molecule has 0 spiro atoms. The summed E-state index contributed by atoms with van der Waals surface area (Å²) in [6.45, 7) is 6.37. The number of benzene rings is 1. The van der Waals surface area contributed by atoms with E-state index in [1.54, 1.807) is 0 Å². The zero-order valence-corrected chi connectivity index (χ0v) is 19.7. The Morgan fingerprint density at radius 2 is 1.91 bits per heavy atom. The first kappa shape index (κ1) is 25.0. The fourth-order valence-electron chi connectivity index (χ4n) is 3.62. The predicted octanol–water partition coefficient (Wildman–Crippen LogP) is 0.690. The lowest BCUT2D eigenvalue weighted by Gasteiger charge is -2.35. The molecule has 0 N–H and O–H groups in total. The summed E-state index contributed by atoms with van der Waals surface area (Å²) in [6, 6.07) is 7.45. The van der Waals surface area contributed by atoms with Crippen LogP contribution in [0.5, 0.6) is 0 Å². The molecular weight excluding hydrogens is 460 g/mol. The van der Waals surface area contributed by atoms with Gasteiger partial charge in [-0.15, -0.1) is 0 Å². The molecule has 176 valence electrons. The zero-order chi connectivity index (χ0) is 23.7. The lowest BCUT2D eigenvalue weighted by Crippen LogP contribution is -2.38. The fraction of sp³-hybridized carbons (Fsp3) is 0.474. The van der Waals surface area contributed by atoms with Crippen molar-refractivity contribution < 1.29 is 37.4 Å². The lowest BCUT2D eigenvalue weighted by atomic mass is 10.0. The molecular formula is C19H24N3O8P2-3. The second-order valence-electron chi connectivity index (χ2n) is 7.92. The molecule has 2 aromatic rings. The molecule has 1 aromatic heterocycles. The Hall–Kier alpha value is -1.68. The Kier molecular flexibility index (Phi) is 7.54. The monoisotopic (exact) mass is 484 g/mol. The van der Waals surface area contributed by atoms with Gasteiger partial charge in [0.15, 0.2) is 5.78 Å². The molecule has 0 aliphatic carbocycles. The minimum absolute atomic E-state index is 0.0430. The van der Waals surface area contributed by atoms with Gasteiger partial charge in [-0.1, -0.05) is 23.8 Å². The number of rotatable bonds is 8. The minimum Gasteiger partial charge on any atom is -0.790 e. The number of phosphoric acid groups is 2. The van der Waals surface area contributed by atoms with Crippen molar-refractivity contribution in [3.63, 3.8) is 0 Å². The van der Waals surface area contributed by atoms with Crippen LogP contribution in [0.15, 0.2) is 35.9 Å². The number of nitrogens with zero attached hydrogens (tertiary/aromatic N) is 3. The van der Waals surface area contributed by atoms with Gasteiger partial charge in [-0.05, 0) is 32.9 Å². The molecule has 13 heteroatoms. The van der Waals surface area contributed by atoms with Crippen LogP contribution in [0.1, 0.15) is 32.5 Å². The number of ketones is 1. The highest BCUT2D eigenvalue weighted by atomic mass is 31.3. The standard InChI is InChI=1S/C19H27N3O8P2/c1-13(2)8-9-21-11-15(18(23)12-29-32(27,28)30-31(24,25)26)19-20-16-6-4-5-7-17(16)22(19)10-14(21)3/h4-8,14-15H,9-12H2,1-3H3,(H,27,28)(H2,24,25,26)/p-3. The number of hydrogen-bond acceptors (Lipinski definition) is 10. The molecule has 11 nitrogen and oxygen atoms in total. The van der Waals surface area contributed by atoms with E-state index in [1.165, 1.54) is 0 Å². The molecule has 2 heterocycles. The van der Waals surface area contributed by atoms with Crippen LogP contribution in [0.2, 0.25) is 0 Å². The number of aromatic nitrogens is 2. The molecule has 3 unspecified atom stereocenters. The highest BCUT2D eigenvalue weighted by Crippen LogP contribution is 2.50. The molecule has 32 heavy (non-hydrogen) atoms. The van der Waals surface area contributed by atoms with Gasteiger partial charge in [-0.3, -0.25) is 18.6 Å². The van der Waals surface area contributed by atoms with Crippen molar-refractivity contribution >= 4 is 32.5 Å². The smallest absolute Gasteiger partial charge is 0.272 e. The van der Waals surface area contributed by atoms with Crippen molar-refractivity contribution in [2.75, 3.05) is 19.7 Å². The third-order valence-electron chi connectivity index (χ3n) is 5.17. The van der Waals surface area contributed by atoms with Gasteiger partial charge in [0.1, 0.15) is 12.4 Å². The predicted molar refractivity (Wildman–Crippen MR) is 110 cm³/mol. The first-order chi connectivity index (χ1) is 14.9. The van der Waals surface area contributed by atoms with Gasteiger partial charge < -0.3 is 28.3 Å². The average molecular weight is 484 g/mol. The quantitative estimate of drug-likeness (QED) is 0.385. The number of carbonyl (C=O) groups excluding carboxylic acids is 1. The highest BCUT2D eigenvalue weighted by molar-refractivity contribution is 7.58. The van der Waals surface area contributed by atoms with Crippen LogP contribution < -0.4 is 14.7 Å². The molecule has 0 saturated heterocycles. The summed E-state index contributed by atoms with van der Waals surface area (Å²) in [5, 5.41) is 0. The Morgan fingerprint density at radius 3 is 2.56 bits per heavy atom. The number of fused-ring (bicyclic) bond motifs is 3. The number of hydrogen-bond donors (Lipinski definition) is 0. The van der Waals surface area contributed by atoms with Crippen molar-refractivity contribution in [1.82, 2.24) is 14.5 Å².